The molecule has 6 nitrogen and oxygen atoms in total. The highest BCUT2D eigenvalue weighted by molar-refractivity contribution is 7.92. The van der Waals surface area contributed by atoms with Gasteiger partial charge in [0.25, 0.3) is 15.9 Å². The van der Waals surface area contributed by atoms with Crippen molar-refractivity contribution in [1.82, 2.24) is 5.43 Å². The van der Waals surface area contributed by atoms with Crippen LogP contribution in [-0.2, 0) is 20.2 Å². The third-order valence-electron chi connectivity index (χ3n) is 5.62. The lowest BCUT2D eigenvalue weighted by atomic mass is 9.80. The number of carbonyl (C=O) groups is 1. The number of hydrogen-bond acceptors (Lipinski definition) is 4. The van der Waals surface area contributed by atoms with Crippen molar-refractivity contribution in [3.05, 3.63) is 95.0 Å². The van der Waals surface area contributed by atoms with Crippen LogP contribution in [0.5, 0.6) is 0 Å². The quantitative estimate of drug-likeness (QED) is 0.295. The molecule has 1 amide bonds. The van der Waals surface area contributed by atoms with Gasteiger partial charge in [-0.05, 0) is 61.6 Å². The Balaban J connectivity index is 1.80. The predicted molar refractivity (Wildman–Crippen MR) is 142 cm³/mol. The molecule has 0 spiro atoms. The molecule has 1 N–H and O–H groups in total. The van der Waals surface area contributed by atoms with E-state index in [4.69, 9.17) is 11.6 Å². The molecule has 0 unspecified atom stereocenters. The van der Waals surface area contributed by atoms with Gasteiger partial charge in [0.05, 0.1) is 10.6 Å². The summed E-state index contributed by atoms with van der Waals surface area (Å²) in [6.45, 7) is 7.48. The van der Waals surface area contributed by atoms with E-state index in [-0.39, 0.29) is 10.3 Å². The third kappa shape index (κ3) is 6.93. The molecule has 0 aliphatic heterocycles. The maximum absolute atomic E-state index is 13.4. The van der Waals surface area contributed by atoms with E-state index >= 15 is 0 Å². The fourth-order valence-corrected chi connectivity index (χ4v) is 5.38. The van der Waals surface area contributed by atoms with Crippen molar-refractivity contribution in [1.29, 1.82) is 0 Å². The minimum atomic E-state index is -4.02. The molecule has 0 saturated carbocycles. The van der Waals surface area contributed by atoms with E-state index in [1.165, 1.54) is 18.2 Å². The molecule has 3 aromatic carbocycles. The molecular weight excluding hydrogens is 482 g/mol. The van der Waals surface area contributed by atoms with Gasteiger partial charge >= 0.3 is 0 Å². The molecule has 0 fully saturated rings. The van der Waals surface area contributed by atoms with Crippen LogP contribution < -0.4 is 9.73 Å². The maximum atomic E-state index is 13.4. The Morgan fingerprint density at radius 3 is 2.29 bits per heavy atom. The molecular formula is C27H30ClN3O3S. The zero-order valence-corrected chi connectivity index (χ0v) is 21.9. The van der Waals surface area contributed by atoms with Gasteiger partial charge in [-0.1, -0.05) is 79.5 Å². The van der Waals surface area contributed by atoms with E-state index in [0.29, 0.717) is 17.1 Å². The second-order valence-electron chi connectivity index (χ2n) is 9.11. The van der Waals surface area contributed by atoms with Crippen LogP contribution >= 0.6 is 11.6 Å². The number of aryl methyl sites for hydroxylation is 1. The van der Waals surface area contributed by atoms with Crippen LogP contribution in [0.15, 0.2) is 88.9 Å². The van der Waals surface area contributed by atoms with Gasteiger partial charge in [0.15, 0.2) is 0 Å². The Morgan fingerprint density at radius 2 is 1.66 bits per heavy atom. The lowest BCUT2D eigenvalue weighted by molar-refractivity contribution is -0.119. The number of hydrazone groups is 1. The number of rotatable bonds is 9. The average Bonchev–Trinajstić information content (AvgIpc) is 2.81. The van der Waals surface area contributed by atoms with E-state index in [9.17, 15) is 13.2 Å². The SMILES string of the molecule is C/C(CC(C)(C)c1ccccc1)=N/NC(=O)CN(c1cccc(Cl)c1)S(=O)(=O)c1ccc(C)cc1. The molecule has 0 saturated heterocycles. The Labute approximate surface area is 212 Å². The molecule has 0 bridgehead atoms. The maximum Gasteiger partial charge on any atom is 0.264 e. The first-order valence-electron chi connectivity index (χ1n) is 11.2. The third-order valence-corrected chi connectivity index (χ3v) is 7.64. The molecule has 3 aromatic rings. The van der Waals surface area contributed by atoms with Crippen LogP contribution in [0.4, 0.5) is 5.69 Å². The van der Waals surface area contributed by atoms with Crippen LogP contribution in [-0.4, -0.2) is 26.6 Å². The predicted octanol–water partition coefficient (Wildman–Crippen LogP) is 5.70. The van der Waals surface area contributed by atoms with Crippen LogP contribution in [0.25, 0.3) is 0 Å². The summed E-state index contributed by atoms with van der Waals surface area (Å²) < 4.78 is 27.9. The van der Waals surface area contributed by atoms with E-state index in [0.717, 1.165) is 21.1 Å². The Morgan fingerprint density at radius 1 is 1.00 bits per heavy atom. The number of hydrogen-bond donors (Lipinski definition) is 1. The van der Waals surface area contributed by atoms with E-state index in [1.807, 2.05) is 32.0 Å². The molecule has 0 atom stereocenters. The Kier molecular flexibility index (Phi) is 8.35. The van der Waals surface area contributed by atoms with Crippen molar-refractivity contribution in [2.75, 3.05) is 10.8 Å². The summed E-state index contributed by atoms with van der Waals surface area (Å²) in [6.07, 6.45) is 0.622. The molecule has 3 rings (SSSR count). The minimum absolute atomic E-state index is 0.0835. The first-order chi connectivity index (χ1) is 16.5. The smallest absolute Gasteiger partial charge is 0.264 e. The Hall–Kier alpha value is -3.16. The topological polar surface area (TPSA) is 78.8 Å². The summed E-state index contributed by atoms with van der Waals surface area (Å²) in [7, 11) is -4.02. The fourth-order valence-electron chi connectivity index (χ4n) is 3.78. The molecule has 0 heterocycles. The highest BCUT2D eigenvalue weighted by atomic mass is 35.5. The normalized spacial score (nSPS) is 12.3. The van der Waals surface area contributed by atoms with Gasteiger partial charge in [-0.15, -0.1) is 0 Å². The van der Waals surface area contributed by atoms with Crippen molar-refractivity contribution in [3.8, 4) is 0 Å². The zero-order chi connectivity index (χ0) is 25.6. The summed E-state index contributed by atoms with van der Waals surface area (Å²) in [5.41, 5.74) is 5.44. The summed E-state index contributed by atoms with van der Waals surface area (Å²) in [5.74, 6) is -0.558. The highest BCUT2D eigenvalue weighted by Gasteiger charge is 2.27. The second kappa shape index (κ2) is 11.1. The van der Waals surface area contributed by atoms with Crippen molar-refractivity contribution >= 4 is 38.9 Å². The standard InChI is InChI=1S/C27H30ClN3O3S/c1-20-13-15-25(16-14-20)35(33,34)31(24-12-8-11-23(28)17-24)19-26(32)30-29-21(2)18-27(3,4)22-9-6-5-7-10-22/h5-17H,18-19H2,1-4H3,(H,30,32)/b29-21-. The number of nitrogens with zero attached hydrogens (tertiary/aromatic N) is 2. The highest BCUT2D eigenvalue weighted by Crippen LogP contribution is 2.28. The minimum Gasteiger partial charge on any atom is -0.271 e. The summed E-state index contributed by atoms with van der Waals surface area (Å²) >= 11 is 6.11. The van der Waals surface area contributed by atoms with E-state index in [1.54, 1.807) is 30.3 Å². The molecule has 0 aromatic heterocycles. The van der Waals surface area contributed by atoms with Crippen molar-refractivity contribution in [2.24, 2.45) is 5.10 Å². The van der Waals surface area contributed by atoms with Gasteiger partial charge in [-0.25, -0.2) is 13.8 Å². The molecule has 0 aliphatic rings. The fraction of sp³-hybridized carbons (Fsp3) is 0.259. The number of anilines is 1. The molecule has 8 heteroatoms. The molecule has 184 valence electrons. The molecule has 35 heavy (non-hydrogen) atoms. The average molecular weight is 512 g/mol. The number of benzene rings is 3. The van der Waals surface area contributed by atoms with E-state index in [2.05, 4.69) is 36.5 Å². The van der Waals surface area contributed by atoms with Gasteiger partial charge in [0.2, 0.25) is 0 Å². The number of nitrogens with one attached hydrogen (secondary N) is 1. The lowest BCUT2D eigenvalue weighted by Gasteiger charge is -2.25. The van der Waals surface area contributed by atoms with Crippen molar-refractivity contribution in [3.63, 3.8) is 0 Å². The van der Waals surface area contributed by atoms with Crippen LogP contribution in [0.2, 0.25) is 5.02 Å². The van der Waals surface area contributed by atoms with Crippen LogP contribution in [0.1, 0.15) is 38.3 Å². The second-order valence-corrected chi connectivity index (χ2v) is 11.4. The van der Waals surface area contributed by atoms with Gasteiger partial charge in [0.1, 0.15) is 6.54 Å². The van der Waals surface area contributed by atoms with Crippen molar-refractivity contribution in [2.45, 2.75) is 44.4 Å². The summed E-state index contributed by atoms with van der Waals surface area (Å²) in [6, 6.07) is 22.9. The monoisotopic (exact) mass is 511 g/mol. The number of carbonyl (C=O) groups excluding carboxylic acids is 1. The van der Waals surface area contributed by atoms with Crippen LogP contribution in [0.3, 0.4) is 0 Å². The lowest BCUT2D eigenvalue weighted by Crippen LogP contribution is -2.39. The van der Waals surface area contributed by atoms with Crippen molar-refractivity contribution < 1.29 is 13.2 Å². The van der Waals surface area contributed by atoms with Gasteiger partial charge in [0, 0.05) is 10.7 Å². The first-order valence-corrected chi connectivity index (χ1v) is 13.0. The Bertz CT molecular complexity index is 1310. The molecule has 0 radical (unpaired) electrons. The summed E-state index contributed by atoms with van der Waals surface area (Å²) in [4.78, 5) is 12.9. The first kappa shape index (κ1) is 26.4. The van der Waals surface area contributed by atoms with Gasteiger partial charge < -0.3 is 0 Å². The molecule has 0 aliphatic carbocycles. The largest absolute Gasteiger partial charge is 0.271 e. The number of sulfonamides is 1. The van der Waals surface area contributed by atoms with E-state index < -0.39 is 22.5 Å². The van der Waals surface area contributed by atoms with Crippen LogP contribution in [0, 0.1) is 6.92 Å². The summed E-state index contributed by atoms with van der Waals surface area (Å²) in [5, 5.41) is 4.60. The van der Waals surface area contributed by atoms with Gasteiger partial charge in [-0.3, -0.25) is 9.10 Å². The number of halogens is 1. The van der Waals surface area contributed by atoms with Gasteiger partial charge in [-0.2, -0.15) is 5.10 Å². The zero-order valence-electron chi connectivity index (χ0n) is 20.3. The number of amides is 1.